The van der Waals surface area contributed by atoms with Crippen LogP contribution in [0.2, 0.25) is 0 Å². The van der Waals surface area contributed by atoms with Crippen molar-refractivity contribution >= 4 is 5.91 Å². The van der Waals surface area contributed by atoms with Crippen LogP contribution in [0.25, 0.3) is 22.8 Å². The first-order valence-electron chi connectivity index (χ1n) is 13.3. The molecule has 1 amide bonds. The van der Waals surface area contributed by atoms with E-state index >= 15 is 4.39 Å². The first-order valence-corrected chi connectivity index (χ1v) is 13.3. The lowest BCUT2D eigenvalue weighted by Gasteiger charge is -2.34. The lowest BCUT2D eigenvalue weighted by Crippen LogP contribution is -2.42. The van der Waals surface area contributed by atoms with Crippen molar-refractivity contribution < 1.29 is 40.3 Å². The minimum atomic E-state index is -5.07. The van der Waals surface area contributed by atoms with Gasteiger partial charge in [-0.05, 0) is 36.6 Å². The van der Waals surface area contributed by atoms with Gasteiger partial charge < -0.3 is 15.0 Å². The van der Waals surface area contributed by atoms with Gasteiger partial charge >= 0.3 is 12.4 Å². The molecule has 5 rings (SSSR count). The number of H-pyrrole nitrogens is 1. The van der Waals surface area contributed by atoms with Crippen molar-refractivity contribution in [1.29, 1.82) is 0 Å². The Kier molecular flexibility index (Phi) is 8.55. The Hall–Kier alpha value is -4.59. The predicted molar refractivity (Wildman–Crippen MR) is 143 cm³/mol. The number of rotatable bonds is 8. The number of hydrogen-bond donors (Lipinski definition) is 2. The van der Waals surface area contributed by atoms with Gasteiger partial charge in [-0.1, -0.05) is 36.4 Å². The van der Waals surface area contributed by atoms with Gasteiger partial charge in [0, 0.05) is 30.3 Å². The molecular formula is C30H23F7N4O3. The number of halogens is 7. The van der Waals surface area contributed by atoms with Crippen LogP contribution in [-0.2, 0) is 35.0 Å². The van der Waals surface area contributed by atoms with Crippen molar-refractivity contribution in [3.8, 4) is 22.8 Å². The van der Waals surface area contributed by atoms with Crippen molar-refractivity contribution in [2.75, 3.05) is 0 Å². The molecule has 14 heteroatoms. The number of ether oxygens (including phenoxy) is 1. The average Bonchev–Trinajstić information content (AvgIpc) is 2.95. The monoisotopic (exact) mass is 620 g/mol. The van der Waals surface area contributed by atoms with E-state index in [1.807, 2.05) is 30.3 Å². The van der Waals surface area contributed by atoms with E-state index in [0.29, 0.717) is 37.8 Å². The number of amides is 1. The Labute approximate surface area is 245 Å². The summed E-state index contributed by atoms with van der Waals surface area (Å²) in [6.45, 7) is -0.0716. The minimum absolute atomic E-state index is 0.144. The van der Waals surface area contributed by atoms with Gasteiger partial charge in [0.2, 0.25) is 5.91 Å². The van der Waals surface area contributed by atoms with Crippen LogP contribution in [0.15, 0.2) is 71.7 Å². The van der Waals surface area contributed by atoms with Crippen LogP contribution in [0.3, 0.4) is 0 Å². The van der Waals surface area contributed by atoms with Crippen molar-refractivity contribution in [1.82, 2.24) is 20.3 Å². The van der Waals surface area contributed by atoms with Crippen LogP contribution in [0.1, 0.15) is 35.1 Å². The van der Waals surface area contributed by atoms with Crippen molar-refractivity contribution in [3.63, 3.8) is 0 Å². The van der Waals surface area contributed by atoms with Gasteiger partial charge in [0.15, 0.2) is 0 Å². The minimum Gasteiger partial charge on any atom is -0.373 e. The third kappa shape index (κ3) is 6.96. The Bertz CT molecular complexity index is 1700. The molecule has 0 radical (unpaired) electrons. The van der Waals surface area contributed by atoms with E-state index in [1.54, 1.807) is 0 Å². The molecular weight excluding hydrogens is 597 g/mol. The summed E-state index contributed by atoms with van der Waals surface area (Å²) in [5.74, 6) is -3.05. The molecule has 4 aromatic rings. The number of carbonyl (C=O) groups is 1. The summed E-state index contributed by atoms with van der Waals surface area (Å²) < 4.78 is 102. The van der Waals surface area contributed by atoms with Crippen LogP contribution in [0, 0.1) is 11.7 Å². The molecule has 0 atom stereocenters. The van der Waals surface area contributed by atoms with Gasteiger partial charge in [-0.15, -0.1) is 0 Å². The van der Waals surface area contributed by atoms with Gasteiger partial charge in [0.1, 0.15) is 11.6 Å². The quantitative estimate of drug-likeness (QED) is 0.226. The molecule has 1 saturated carbocycles. The van der Waals surface area contributed by atoms with E-state index in [1.165, 1.54) is 0 Å². The number of nitrogens with one attached hydrogen (secondary N) is 2. The largest absolute Gasteiger partial charge is 0.417 e. The van der Waals surface area contributed by atoms with Gasteiger partial charge in [-0.2, -0.15) is 26.3 Å². The van der Waals surface area contributed by atoms with Crippen LogP contribution >= 0.6 is 0 Å². The maximum absolute atomic E-state index is 15.7. The smallest absolute Gasteiger partial charge is 0.373 e. The Morgan fingerprint density at radius 2 is 1.68 bits per heavy atom. The summed E-state index contributed by atoms with van der Waals surface area (Å²) in [6.07, 6.45) is -8.59. The number of aromatic nitrogens is 3. The van der Waals surface area contributed by atoms with Crippen molar-refractivity contribution in [2.45, 2.75) is 44.4 Å². The third-order valence-electron chi connectivity index (χ3n) is 7.11. The van der Waals surface area contributed by atoms with E-state index in [0.717, 1.165) is 23.8 Å². The van der Waals surface area contributed by atoms with Gasteiger partial charge in [-0.3, -0.25) is 14.6 Å². The molecule has 1 fully saturated rings. The number of carbonyl (C=O) groups excluding carboxylic acids is 1. The number of hydrogen-bond acceptors (Lipinski definition) is 5. The summed E-state index contributed by atoms with van der Waals surface area (Å²) >= 11 is 0. The normalized spacial score (nSPS) is 16.8. The van der Waals surface area contributed by atoms with Crippen LogP contribution in [0.5, 0.6) is 0 Å². The molecule has 0 saturated heterocycles. The van der Waals surface area contributed by atoms with Gasteiger partial charge in [0.05, 0.1) is 40.8 Å². The first kappa shape index (κ1) is 30.9. The highest BCUT2D eigenvalue weighted by Gasteiger charge is 2.38. The molecule has 2 heterocycles. The Morgan fingerprint density at radius 3 is 2.32 bits per heavy atom. The summed E-state index contributed by atoms with van der Waals surface area (Å²) in [6, 6.07) is 13.3. The molecule has 44 heavy (non-hydrogen) atoms. The zero-order valence-electron chi connectivity index (χ0n) is 22.6. The Morgan fingerprint density at radius 1 is 0.955 bits per heavy atom. The number of nitrogens with zero attached hydrogens (tertiary/aromatic N) is 2. The van der Waals surface area contributed by atoms with Crippen LogP contribution in [-0.4, -0.2) is 27.0 Å². The SMILES string of the molecule is O=C(NCc1ccc(C(F)(F)F)c(-c2nc(-c3ccc(C(F)(F)F)cn3)cc(=O)[nH]2)c1F)C1CC(OCc2ccccc2)C1. The molecule has 0 aliphatic heterocycles. The highest BCUT2D eigenvalue weighted by Crippen LogP contribution is 2.39. The molecule has 2 N–H and O–H groups in total. The summed E-state index contributed by atoms with van der Waals surface area (Å²) in [7, 11) is 0. The molecule has 0 spiro atoms. The molecule has 2 aromatic heterocycles. The maximum atomic E-state index is 15.7. The molecule has 0 bridgehead atoms. The van der Waals surface area contributed by atoms with Gasteiger partial charge in [-0.25, -0.2) is 9.37 Å². The number of benzene rings is 2. The molecule has 0 unspecified atom stereocenters. The lowest BCUT2D eigenvalue weighted by molar-refractivity contribution is -0.138. The standard InChI is InChI=1S/C30H23F7N4O3/c31-26-17(13-39-28(43)18-10-20(11-18)44-15-16-4-2-1-3-5-16)6-8-21(30(35,36)37)25(26)27-40-23(12-24(42)41-27)22-9-7-19(14-38-22)29(32,33)34/h1-9,12,14,18,20H,10-11,13,15H2,(H,39,43)(H,40,41,42). The number of alkyl halides is 6. The topological polar surface area (TPSA) is 97.0 Å². The zero-order valence-corrected chi connectivity index (χ0v) is 22.6. The molecule has 7 nitrogen and oxygen atoms in total. The summed E-state index contributed by atoms with van der Waals surface area (Å²) in [4.78, 5) is 34.6. The first-order chi connectivity index (χ1) is 20.8. The van der Waals surface area contributed by atoms with E-state index in [2.05, 4.69) is 20.3 Å². The van der Waals surface area contributed by atoms with E-state index in [4.69, 9.17) is 4.74 Å². The molecule has 1 aliphatic rings. The average molecular weight is 621 g/mol. The third-order valence-corrected chi connectivity index (χ3v) is 7.11. The molecule has 1 aliphatic carbocycles. The molecule has 230 valence electrons. The second kappa shape index (κ2) is 12.2. The van der Waals surface area contributed by atoms with Gasteiger partial charge in [0.25, 0.3) is 5.56 Å². The fraction of sp³-hybridized carbons (Fsp3) is 0.267. The van der Waals surface area contributed by atoms with Crippen LogP contribution in [0.4, 0.5) is 30.7 Å². The zero-order chi connectivity index (χ0) is 31.6. The van der Waals surface area contributed by atoms with E-state index < -0.39 is 64.6 Å². The number of pyridine rings is 1. The fourth-order valence-corrected chi connectivity index (χ4v) is 4.67. The molecule has 2 aromatic carbocycles. The lowest BCUT2D eigenvalue weighted by atomic mass is 9.81. The van der Waals surface area contributed by atoms with Crippen molar-refractivity contribution in [3.05, 3.63) is 105 Å². The van der Waals surface area contributed by atoms with Crippen molar-refractivity contribution in [2.24, 2.45) is 5.92 Å². The summed E-state index contributed by atoms with van der Waals surface area (Å²) in [5.41, 5.74) is -4.59. The van der Waals surface area contributed by atoms with Crippen LogP contribution < -0.4 is 10.9 Å². The highest BCUT2D eigenvalue weighted by atomic mass is 19.4. The summed E-state index contributed by atoms with van der Waals surface area (Å²) in [5, 5.41) is 2.53. The number of aromatic amines is 1. The second-order valence-corrected chi connectivity index (χ2v) is 10.2. The fourth-order valence-electron chi connectivity index (χ4n) is 4.67. The van der Waals surface area contributed by atoms with E-state index in [-0.39, 0.29) is 23.1 Å². The second-order valence-electron chi connectivity index (χ2n) is 10.2. The highest BCUT2D eigenvalue weighted by molar-refractivity contribution is 5.79. The van der Waals surface area contributed by atoms with E-state index in [9.17, 15) is 35.9 Å². The maximum Gasteiger partial charge on any atom is 0.417 e. The Balaban J connectivity index is 1.34. The predicted octanol–water partition coefficient (Wildman–Crippen LogP) is 6.29.